The molecule has 8 heteroatoms. The number of ether oxygens (including phenoxy) is 1. The number of likely N-dealkylation sites (N-methyl/N-ethyl adjacent to an activating group) is 1. The van der Waals surface area contributed by atoms with Gasteiger partial charge >= 0.3 is 0 Å². The average Bonchev–Trinajstić information content (AvgIpc) is 2.93. The number of nitrogens with one attached hydrogen (secondary N) is 1. The van der Waals surface area contributed by atoms with Gasteiger partial charge in [0.1, 0.15) is 11.5 Å². The van der Waals surface area contributed by atoms with Crippen molar-refractivity contribution in [1.82, 2.24) is 14.9 Å². The summed E-state index contributed by atoms with van der Waals surface area (Å²) in [4.78, 5) is 24.0. The molecule has 1 unspecified atom stereocenters. The number of anilines is 1. The number of hydrogen-bond acceptors (Lipinski definition) is 7. The van der Waals surface area contributed by atoms with E-state index in [-0.39, 0.29) is 23.8 Å². The van der Waals surface area contributed by atoms with Crippen LogP contribution in [0.25, 0.3) is 11.3 Å². The number of phenols is 1. The molecule has 1 aromatic heterocycles. The maximum absolute atomic E-state index is 13.5. The Balaban J connectivity index is 1.59. The molecule has 37 heavy (non-hydrogen) atoms. The molecule has 0 aliphatic carbocycles. The fraction of sp³-hybridized carbons (Fsp3) is 0.207. The van der Waals surface area contributed by atoms with Gasteiger partial charge in [-0.3, -0.25) is 4.79 Å². The second kappa shape index (κ2) is 12.0. The summed E-state index contributed by atoms with van der Waals surface area (Å²) in [5.74, 6) is 0.674. The van der Waals surface area contributed by atoms with E-state index in [9.17, 15) is 15.0 Å². The molecule has 3 N–H and O–H groups in total. The molecule has 1 atom stereocenters. The number of phenolic OH excluding ortho intramolecular Hbond substituents is 1. The normalized spacial score (nSPS) is 11.5. The van der Waals surface area contributed by atoms with E-state index in [1.54, 1.807) is 26.3 Å². The summed E-state index contributed by atoms with van der Waals surface area (Å²) in [7, 11) is 3.17. The molecular formula is C29H30N4O4. The third-order valence-electron chi connectivity index (χ3n) is 5.97. The number of methoxy groups -OCH3 is 1. The summed E-state index contributed by atoms with van der Waals surface area (Å²) in [6.45, 7) is 0.642. The first-order chi connectivity index (χ1) is 18.0. The van der Waals surface area contributed by atoms with Gasteiger partial charge in [0.25, 0.3) is 5.91 Å². The molecular weight excluding hydrogens is 468 g/mol. The number of nitrogens with zero attached hydrogens (tertiary/aromatic N) is 3. The predicted molar refractivity (Wildman–Crippen MR) is 143 cm³/mol. The summed E-state index contributed by atoms with van der Waals surface area (Å²) in [6.07, 6.45) is 1.32. The van der Waals surface area contributed by atoms with Crippen LogP contribution in [-0.4, -0.2) is 58.2 Å². The Morgan fingerprint density at radius 1 is 1.05 bits per heavy atom. The Morgan fingerprint density at radius 3 is 2.57 bits per heavy atom. The number of amides is 1. The van der Waals surface area contributed by atoms with E-state index in [1.807, 2.05) is 42.5 Å². The first-order valence-corrected chi connectivity index (χ1v) is 12.0. The lowest BCUT2D eigenvalue weighted by atomic mass is 10.0. The Morgan fingerprint density at radius 2 is 1.81 bits per heavy atom. The number of para-hydroxylation sites is 1. The van der Waals surface area contributed by atoms with E-state index in [2.05, 4.69) is 27.4 Å². The topological polar surface area (TPSA) is 108 Å². The molecule has 3 aromatic carbocycles. The Hall–Kier alpha value is -4.43. The van der Waals surface area contributed by atoms with E-state index in [4.69, 9.17) is 4.74 Å². The van der Waals surface area contributed by atoms with Crippen LogP contribution in [0, 0.1) is 0 Å². The van der Waals surface area contributed by atoms with Gasteiger partial charge in [-0.1, -0.05) is 54.6 Å². The van der Waals surface area contributed by atoms with Crippen molar-refractivity contribution in [2.24, 2.45) is 0 Å². The van der Waals surface area contributed by atoms with Gasteiger partial charge in [0.05, 0.1) is 31.0 Å². The van der Waals surface area contributed by atoms with Gasteiger partial charge in [0.2, 0.25) is 5.95 Å². The Kier molecular flexibility index (Phi) is 8.33. The van der Waals surface area contributed by atoms with Crippen LogP contribution in [0.3, 0.4) is 0 Å². The molecule has 4 rings (SSSR count). The molecule has 0 saturated heterocycles. The Bertz CT molecular complexity index is 1350. The number of hydrogen-bond donors (Lipinski definition) is 3. The minimum absolute atomic E-state index is 0.0186. The Labute approximate surface area is 216 Å². The fourth-order valence-electron chi connectivity index (χ4n) is 4.02. The number of aromatic hydroxyl groups is 1. The van der Waals surface area contributed by atoms with Crippen LogP contribution in [0.15, 0.2) is 85.1 Å². The van der Waals surface area contributed by atoms with Crippen LogP contribution < -0.4 is 10.1 Å². The lowest BCUT2D eigenvalue weighted by Crippen LogP contribution is -2.32. The molecule has 190 valence electrons. The highest BCUT2D eigenvalue weighted by atomic mass is 16.5. The largest absolute Gasteiger partial charge is 0.508 e. The van der Waals surface area contributed by atoms with Crippen molar-refractivity contribution in [3.63, 3.8) is 0 Å². The minimum atomic E-state index is -0.976. The van der Waals surface area contributed by atoms with E-state index in [0.29, 0.717) is 35.1 Å². The molecule has 0 spiro atoms. The molecule has 0 bridgehead atoms. The van der Waals surface area contributed by atoms with E-state index >= 15 is 0 Å². The van der Waals surface area contributed by atoms with Crippen LogP contribution in [0.1, 0.15) is 27.6 Å². The summed E-state index contributed by atoms with van der Waals surface area (Å²) >= 11 is 0. The highest BCUT2D eigenvalue weighted by molar-refractivity contribution is 6.00. The number of benzene rings is 3. The number of aromatic nitrogens is 2. The SMILES string of the molecule is COc1ccccc1-c1nc(NCCc2ccccc2)ncc1C(=O)N(C)CC(O)c1cccc(O)c1. The zero-order valence-electron chi connectivity index (χ0n) is 20.8. The van der Waals surface area contributed by atoms with Gasteiger partial charge in [0.15, 0.2) is 0 Å². The predicted octanol–water partition coefficient (Wildman–Crippen LogP) is 4.32. The molecule has 8 nitrogen and oxygen atoms in total. The smallest absolute Gasteiger partial charge is 0.257 e. The van der Waals surface area contributed by atoms with Crippen molar-refractivity contribution in [1.29, 1.82) is 0 Å². The third-order valence-corrected chi connectivity index (χ3v) is 5.97. The molecule has 0 fully saturated rings. The molecule has 0 aliphatic rings. The van der Waals surface area contributed by atoms with Gasteiger partial charge in [-0.2, -0.15) is 0 Å². The lowest BCUT2D eigenvalue weighted by Gasteiger charge is -2.22. The number of rotatable bonds is 10. The molecule has 4 aromatic rings. The monoisotopic (exact) mass is 498 g/mol. The van der Waals surface area contributed by atoms with Crippen molar-refractivity contribution in [3.05, 3.63) is 102 Å². The van der Waals surface area contributed by atoms with Gasteiger partial charge in [-0.05, 0) is 41.8 Å². The maximum atomic E-state index is 13.5. The number of aliphatic hydroxyl groups excluding tert-OH is 1. The van der Waals surface area contributed by atoms with Crippen LogP contribution in [0.5, 0.6) is 11.5 Å². The van der Waals surface area contributed by atoms with Crippen LogP contribution >= 0.6 is 0 Å². The van der Waals surface area contributed by atoms with Crippen molar-refractivity contribution in [3.8, 4) is 22.8 Å². The van der Waals surface area contributed by atoms with Crippen LogP contribution in [0.2, 0.25) is 0 Å². The van der Waals surface area contributed by atoms with E-state index in [1.165, 1.54) is 28.8 Å². The van der Waals surface area contributed by atoms with Crippen molar-refractivity contribution < 1.29 is 19.7 Å². The number of carbonyl (C=O) groups excluding carboxylic acids is 1. The van der Waals surface area contributed by atoms with Gasteiger partial charge < -0.3 is 25.2 Å². The minimum Gasteiger partial charge on any atom is -0.508 e. The van der Waals surface area contributed by atoms with Gasteiger partial charge in [-0.15, -0.1) is 0 Å². The molecule has 1 heterocycles. The van der Waals surface area contributed by atoms with Crippen LogP contribution in [-0.2, 0) is 6.42 Å². The van der Waals surface area contributed by atoms with Gasteiger partial charge in [0, 0.05) is 25.4 Å². The van der Waals surface area contributed by atoms with E-state index < -0.39 is 6.10 Å². The van der Waals surface area contributed by atoms with Crippen molar-refractivity contribution in [2.45, 2.75) is 12.5 Å². The number of aliphatic hydroxyl groups is 1. The quantitative estimate of drug-likeness (QED) is 0.299. The highest BCUT2D eigenvalue weighted by Crippen LogP contribution is 2.32. The second-order valence-electron chi connectivity index (χ2n) is 8.62. The molecule has 0 aliphatic heterocycles. The molecule has 1 amide bonds. The third kappa shape index (κ3) is 6.42. The number of carbonyl (C=O) groups is 1. The first kappa shape index (κ1) is 25.7. The first-order valence-electron chi connectivity index (χ1n) is 12.0. The summed E-state index contributed by atoms with van der Waals surface area (Å²) in [6, 6.07) is 23.8. The zero-order chi connectivity index (χ0) is 26.2. The lowest BCUT2D eigenvalue weighted by molar-refractivity contribution is 0.0681. The molecule has 0 radical (unpaired) electrons. The van der Waals surface area contributed by atoms with Crippen molar-refractivity contribution >= 4 is 11.9 Å². The average molecular weight is 499 g/mol. The second-order valence-corrected chi connectivity index (χ2v) is 8.62. The fourth-order valence-corrected chi connectivity index (χ4v) is 4.02. The van der Waals surface area contributed by atoms with Crippen molar-refractivity contribution in [2.75, 3.05) is 32.6 Å². The standard InChI is InChI=1S/C29H30N4O4/c1-33(19-25(35)21-11-8-12-22(34)17-21)28(36)24-18-31-29(30-16-15-20-9-4-3-5-10-20)32-27(24)23-13-6-7-14-26(23)37-2/h3-14,17-18,25,34-35H,15-16,19H2,1-2H3,(H,30,31,32). The summed E-state index contributed by atoms with van der Waals surface area (Å²) in [5, 5.41) is 23.6. The van der Waals surface area contributed by atoms with Crippen LogP contribution in [0.4, 0.5) is 5.95 Å². The molecule has 0 saturated carbocycles. The zero-order valence-corrected chi connectivity index (χ0v) is 20.8. The summed E-state index contributed by atoms with van der Waals surface area (Å²) in [5.41, 5.74) is 3.07. The maximum Gasteiger partial charge on any atom is 0.257 e. The highest BCUT2D eigenvalue weighted by Gasteiger charge is 2.23. The van der Waals surface area contributed by atoms with E-state index in [0.717, 1.165) is 6.42 Å². The van der Waals surface area contributed by atoms with Gasteiger partial charge in [-0.25, -0.2) is 9.97 Å². The summed E-state index contributed by atoms with van der Waals surface area (Å²) < 4.78 is 5.54.